The topological polar surface area (TPSA) is 82.7 Å². The minimum atomic E-state index is -0.479. The summed E-state index contributed by atoms with van der Waals surface area (Å²) in [5.74, 6) is -0.135. The first-order valence-corrected chi connectivity index (χ1v) is 8.67. The fourth-order valence-corrected chi connectivity index (χ4v) is 4.00. The van der Waals surface area contributed by atoms with Gasteiger partial charge in [-0.1, -0.05) is 0 Å². The van der Waals surface area contributed by atoms with Crippen molar-refractivity contribution in [2.24, 2.45) is 0 Å². The molecule has 1 aromatic rings. The zero-order valence-electron chi connectivity index (χ0n) is 15.3. The molecule has 1 N–H and O–H groups in total. The van der Waals surface area contributed by atoms with Crippen LogP contribution in [0.25, 0.3) is 0 Å². The summed E-state index contributed by atoms with van der Waals surface area (Å²) in [5, 5.41) is 0. The third-order valence-corrected chi connectivity index (χ3v) is 5.33. The number of carbonyl (C=O) groups is 3. The van der Waals surface area contributed by atoms with Crippen LogP contribution in [0, 0.1) is 13.8 Å². The lowest BCUT2D eigenvalue weighted by molar-refractivity contribution is 0.0438. The van der Waals surface area contributed by atoms with E-state index >= 15 is 0 Å². The monoisotopic (exact) mass is 347 g/mol. The fraction of sp³-hybridized carbons (Fsp3) is 0.611. The molecule has 1 spiro atoms. The van der Waals surface area contributed by atoms with Gasteiger partial charge in [0.1, 0.15) is 5.60 Å². The van der Waals surface area contributed by atoms with Gasteiger partial charge in [-0.2, -0.15) is 0 Å². The van der Waals surface area contributed by atoms with Gasteiger partial charge in [0, 0.05) is 39.2 Å². The highest BCUT2D eigenvalue weighted by molar-refractivity contribution is 6.02. The van der Waals surface area contributed by atoms with Crippen molar-refractivity contribution in [2.45, 2.75) is 45.6 Å². The first-order valence-electron chi connectivity index (χ1n) is 8.67. The number of rotatable bonds is 2. The summed E-state index contributed by atoms with van der Waals surface area (Å²) in [6, 6.07) is 0. The Morgan fingerprint density at radius 3 is 2.48 bits per heavy atom. The minimum Gasteiger partial charge on any atom is -0.441 e. The van der Waals surface area contributed by atoms with Crippen LogP contribution in [0.1, 0.15) is 58.3 Å². The Balaban J connectivity index is 1.79. The maximum Gasteiger partial charge on any atom is 0.410 e. The second-order valence-corrected chi connectivity index (χ2v) is 7.23. The zero-order chi connectivity index (χ0) is 18.4. The highest BCUT2D eigenvalue weighted by atomic mass is 16.6. The molecule has 0 aliphatic carbocycles. The molecule has 7 heteroatoms. The molecule has 1 aromatic heterocycles. The molecule has 0 bridgehead atoms. The van der Waals surface area contributed by atoms with Gasteiger partial charge >= 0.3 is 6.09 Å². The summed E-state index contributed by atoms with van der Waals surface area (Å²) in [7, 11) is 1.74. The number of hydrogen-bond acceptors (Lipinski definition) is 4. The van der Waals surface area contributed by atoms with Gasteiger partial charge in [0.05, 0.1) is 17.8 Å². The van der Waals surface area contributed by atoms with Crippen LogP contribution in [0.2, 0.25) is 0 Å². The number of ketones is 1. The Hall–Kier alpha value is -2.31. The number of hydrogen-bond donors (Lipinski definition) is 1. The van der Waals surface area contributed by atoms with E-state index in [1.807, 2.05) is 11.8 Å². The van der Waals surface area contributed by atoms with E-state index in [4.69, 9.17) is 4.74 Å². The average Bonchev–Trinajstić information content (AvgIpc) is 2.88. The Bertz CT molecular complexity index is 739. The van der Waals surface area contributed by atoms with Gasteiger partial charge in [-0.3, -0.25) is 9.59 Å². The molecule has 2 aliphatic heterocycles. The summed E-state index contributed by atoms with van der Waals surface area (Å²) >= 11 is 0. The van der Waals surface area contributed by atoms with Crippen molar-refractivity contribution in [2.75, 3.05) is 26.7 Å². The molecule has 1 unspecified atom stereocenters. The molecule has 25 heavy (non-hydrogen) atoms. The molecule has 3 heterocycles. The summed E-state index contributed by atoms with van der Waals surface area (Å²) < 4.78 is 5.60. The van der Waals surface area contributed by atoms with Gasteiger partial charge < -0.3 is 19.5 Å². The van der Waals surface area contributed by atoms with E-state index in [2.05, 4.69) is 4.98 Å². The molecule has 2 amide bonds. The predicted molar refractivity (Wildman–Crippen MR) is 91.9 cm³/mol. The quantitative estimate of drug-likeness (QED) is 0.832. The van der Waals surface area contributed by atoms with Crippen molar-refractivity contribution in [3.05, 3.63) is 22.5 Å². The maximum atomic E-state index is 13.0. The summed E-state index contributed by atoms with van der Waals surface area (Å²) in [4.78, 5) is 42.9. The minimum absolute atomic E-state index is 0.0616. The summed E-state index contributed by atoms with van der Waals surface area (Å²) in [6.07, 6.45) is 1.89. The molecule has 7 nitrogen and oxygen atoms in total. The third kappa shape index (κ3) is 3.03. The Morgan fingerprint density at radius 1 is 1.20 bits per heavy atom. The number of carbonyl (C=O) groups excluding carboxylic acids is 3. The van der Waals surface area contributed by atoms with Gasteiger partial charge in [0.2, 0.25) is 0 Å². The number of nitrogens with zero attached hydrogens (tertiary/aromatic N) is 2. The number of H-pyrrole nitrogens is 1. The number of Topliss-reactive ketones (excluding diaryl/α,β-unsaturated/α-hetero) is 1. The lowest BCUT2D eigenvalue weighted by atomic mass is 9.95. The van der Waals surface area contributed by atoms with Gasteiger partial charge in [0.15, 0.2) is 5.78 Å². The molecule has 2 aliphatic rings. The van der Waals surface area contributed by atoms with Crippen LogP contribution >= 0.6 is 0 Å². The van der Waals surface area contributed by atoms with E-state index in [1.54, 1.807) is 18.9 Å². The van der Waals surface area contributed by atoms with Crippen LogP contribution < -0.4 is 0 Å². The number of ether oxygens (including phenoxy) is 1. The van der Waals surface area contributed by atoms with E-state index in [-0.39, 0.29) is 17.8 Å². The van der Waals surface area contributed by atoms with Crippen molar-refractivity contribution in [1.29, 1.82) is 0 Å². The Labute approximate surface area is 147 Å². The lowest BCUT2D eigenvalue weighted by Gasteiger charge is -2.25. The number of nitrogens with one attached hydrogen (secondary N) is 1. The van der Waals surface area contributed by atoms with Gasteiger partial charge in [-0.25, -0.2) is 4.79 Å². The van der Waals surface area contributed by atoms with Crippen molar-refractivity contribution in [3.63, 3.8) is 0 Å². The van der Waals surface area contributed by atoms with Crippen LogP contribution in [0.15, 0.2) is 0 Å². The fourth-order valence-electron chi connectivity index (χ4n) is 4.00. The molecule has 1 atom stereocenters. The van der Waals surface area contributed by atoms with E-state index in [1.165, 1.54) is 6.92 Å². The van der Waals surface area contributed by atoms with E-state index in [0.717, 1.165) is 18.5 Å². The van der Waals surface area contributed by atoms with Crippen molar-refractivity contribution < 1.29 is 19.1 Å². The van der Waals surface area contributed by atoms with Gasteiger partial charge in [-0.15, -0.1) is 0 Å². The van der Waals surface area contributed by atoms with Crippen molar-refractivity contribution >= 4 is 17.8 Å². The molecule has 2 saturated heterocycles. The largest absolute Gasteiger partial charge is 0.441 e. The number of likely N-dealkylation sites (tertiary alicyclic amines) is 1. The molecule has 0 aromatic carbocycles. The second kappa shape index (κ2) is 6.20. The molecule has 3 rings (SSSR count). The third-order valence-electron chi connectivity index (χ3n) is 5.33. The maximum absolute atomic E-state index is 13.0. The molecule has 136 valence electrons. The van der Waals surface area contributed by atoms with Gasteiger partial charge in [-0.05, 0) is 32.3 Å². The highest BCUT2D eigenvalue weighted by Crippen LogP contribution is 2.33. The lowest BCUT2D eigenvalue weighted by Crippen LogP contribution is -2.37. The normalized spacial score (nSPS) is 23.8. The number of aromatic amines is 1. The SMILES string of the molecule is CC(=O)c1[nH]c(C)c(C(=O)N2CCCC3(CC2)CN(C)C(=O)O3)c1C. The smallest absolute Gasteiger partial charge is 0.410 e. The van der Waals surface area contributed by atoms with Crippen LogP contribution in [0.4, 0.5) is 4.79 Å². The number of aromatic nitrogens is 1. The number of aryl methyl sites for hydroxylation is 1. The van der Waals surface area contributed by atoms with E-state index in [0.29, 0.717) is 42.9 Å². The summed E-state index contributed by atoms with van der Waals surface area (Å²) in [6.45, 7) is 6.86. The summed E-state index contributed by atoms with van der Waals surface area (Å²) in [5.41, 5.74) is 2.04. The molecule has 0 radical (unpaired) electrons. The highest BCUT2D eigenvalue weighted by Gasteiger charge is 2.45. The van der Waals surface area contributed by atoms with Crippen molar-refractivity contribution in [1.82, 2.24) is 14.8 Å². The van der Waals surface area contributed by atoms with Crippen molar-refractivity contribution in [3.8, 4) is 0 Å². The first-order chi connectivity index (χ1) is 11.7. The first kappa shape index (κ1) is 17.5. The number of likely N-dealkylation sites (N-methyl/N-ethyl adjacent to an activating group) is 1. The Morgan fingerprint density at radius 2 is 1.92 bits per heavy atom. The molecular formula is C18H25N3O4. The average molecular weight is 347 g/mol. The number of amides is 2. The van der Waals surface area contributed by atoms with Crippen LogP contribution in [0.3, 0.4) is 0 Å². The van der Waals surface area contributed by atoms with Gasteiger partial charge in [0.25, 0.3) is 5.91 Å². The standard InChI is InChI=1S/C18H25N3O4/c1-11-14(12(2)19-15(11)13(3)22)16(23)21-8-5-6-18(7-9-21)10-20(4)17(24)25-18/h19H,5-10H2,1-4H3. The van der Waals surface area contributed by atoms with Crippen LogP contribution in [-0.2, 0) is 4.74 Å². The Kier molecular flexibility index (Phi) is 4.34. The van der Waals surface area contributed by atoms with Crippen LogP contribution in [0.5, 0.6) is 0 Å². The second-order valence-electron chi connectivity index (χ2n) is 7.23. The van der Waals surface area contributed by atoms with Crippen LogP contribution in [-0.4, -0.2) is 64.9 Å². The van der Waals surface area contributed by atoms with E-state index in [9.17, 15) is 14.4 Å². The zero-order valence-corrected chi connectivity index (χ0v) is 15.3. The predicted octanol–water partition coefficient (Wildman–Crippen LogP) is 2.28. The molecule has 2 fully saturated rings. The molecular weight excluding hydrogens is 322 g/mol. The van der Waals surface area contributed by atoms with E-state index < -0.39 is 5.60 Å². The molecule has 0 saturated carbocycles.